The number of hydrogen-bond donors (Lipinski definition) is 1. The highest BCUT2D eigenvalue weighted by molar-refractivity contribution is 5.94. The maximum Gasteiger partial charge on any atom is 0.251 e. The van der Waals surface area contributed by atoms with E-state index in [1.807, 2.05) is 42.5 Å². The van der Waals surface area contributed by atoms with Gasteiger partial charge in [-0.05, 0) is 30.7 Å². The molecule has 0 aliphatic rings. The number of ether oxygens (including phenoxy) is 2. The Balaban J connectivity index is 1.67. The summed E-state index contributed by atoms with van der Waals surface area (Å²) in [5.41, 5.74) is 0.672. The summed E-state index contributed by atoms with van der Waals surface area (Å²) in [6.07, 6.45) is 0.746. The Morgan fingerprint density at radius 2 is 1.81 bits per heavy atom. The molecule has 0 spiro atoms. The van der Waals surface area contributed by atoms with E-state index in [0.717, 1.165) is 17.9 Å². The van der Waals surface area contributed by atoms with Crippen molar-refractivity contribution in [1.82, 2.24) is 5.32 Å². The van der Waals surface area contributed by atoms with Gasteiger partial charge >= 0.3 is 0 Å². The first kappa shape index (κ1) is 14.9. The highest BCUT2D eigenvalue weighted by atomic mass is 16.5. The van der Waals surface area contributed by atoms with Gasteiger partial charge in [0.1, 0.15) is 11.5 Å². The number of amides is 1. The van der Waals surface area contributed by atoms with E-state index in [2.05, 4.69) is 5.32 Å². The van der Waals surface area contributed by atoms with Gasteiger partial charge in [0.25, 0.3) is 5.91 Å². The minimum absolute atomic E-state index is 0.0584. The molecule has 1 amide bonds. The molecule has 0 aliphatic carbocycles. The Kier molecular flexibility index (Phi) is 5.64. The van der Waals surface area contributed by atoms with Crippen LogP contribution in [0.4, 0.5) is 0 Å². The average Bonchev–Trinajstić information content (AvgIpc) is 2.55. The summed E-state index contributed by atoms with van der Waals surface area (Å²) in [6, 6.07) is 16.6. The number of hydrogen-bond acceptors (Lipinski definition) is 3. The summed E-state index contributed by atoms with van der Waals surface area (Å²) >= 11 is 0. The van der Waals surface area contributed by atoms with Gasteiger partial charge in [0, 0.05) is 18.2 Å². The zero-order valence-corrected chi connectivity index (χ0v) is 12.0. The van der Waals surface area contributed by atoms with E-state index in [-0.39, 0.29) is 5.91 Å². The quantitative estimate of drug-likeness (QED) is 0.796. The van der Waals surface area contributed by atoms with Crippen LogP contribution in [0.1, 0.15) is 16.8 Å². The second kappa shape index (κ2) is 7.94. The number of rotatable bonds is 7. The first-order valence-corrected chi connectivity index (χ1v) is 6.89. The van der Waals surface area contributed by atoms with Crippen molar-refractivity contribution in [2.75, 3.05) is 20.3 Å². The molecular formula is C17H19NO3. The van der Waals surface area contributed by atoms with Crippen LogP contribution < -0.4 is 14.8 Å². The van der Waals surface area contributed by atoms with Crippen LogP contribution in [0.15, 0.2) is 54.6 Å². The third-order valence-corrected chi connectivity index (χ3v) is 2.95. The van der Waals surface area contributed by atoms with E-state index < -0.39 is 0 Å². The van der Waals surface area contributed by atoms with Crippen molar-refractivity contribution in [1.29, 1.82) is 0 Å². The molecule has 2 aromatic carbocycles. The smallest absolute Gasteiger partial charge is 0.251 e. The first-order valence-electron chi connectivity index (χ1n) is 6.89. The van der Waals surface area contributed by atoms with Gasteiger partial charge in [-0.1, -0.05) is 24.3 Å². The summed E-state index contributed by atoms with van der Waals surface area (Å²) in [5.74, 6) is 1.48. The van der Waals surface area contributed by atoms with E-state index in [9.17, 15) is 4.79 Å². The van der Waals surface area contributed by atoms with Crippen molar-refractivity contribution >= 4 is 5.91 Å². The van der Waals surface area contributed by atoms with E-state index in [4.69, 9.17) is 9.47 Å². The van der Waals surface area contributed by atoms with Gasteiger partial charge in [0.05, 0.1) is 13.7 Å². The molecule has 2 aromatic rings. The molecule has 4 nitrogen and oxygen atoms in total. The Hall–Kier alpha value is -2.49. The molecular weight excluding hydrogens is 266 g/mol. The van der Waals surface area contributed by atoms with Gasteiger partial charge in [-0.2, -0.15) is 0 Å². The fraction of sp³-hybridized carbons (Fsp3) is 0.235. The second-order valence-corrected chi connectivity index (χ2v) is 4.50. The Morgan fingerprint density at radius 3 is 2.57 bits per heavy atom. The number of methoxy groups -OCH3 is 1. The zero-order chi connectivity index (χ0) is 14.9. The van der Waals surface area contributed by atoms with Crippen LogP contribution in [-0.4, -0.2) is 26.2 Å². The Bertz CT molecular complexity index is 569. The molecule has 0 aromatic heterocycles. The lowest BCUT2D eigenvalue weighted by Crippen LogP contribution is -2.25. The molecule has 0 saturated heterocycles. The summed E-state index contributed by atoms with van der Waals surface area (Å²) < 4.78 is 10.7. The summed E-state index contributed by atoms with van der Waals surface area (Å²) in [6.45, 7) is 1.12. The first-order chi connectivity index (χ1) is 10.3. The lowest BCUT2D eigenvalue weighted by atomic mass is 10.2. The van der Waals surface area contributed by atoms with Crippen LogP contribution in [0.5, 0.6) is 11.5 Å². The molecule has 110 valence electrons. The zero-order valence-electron chi connectivity index (χ0n) is 12.0. The molecule has 0 unspecified atom stereocenters. The molecule has 0 fully saturated rings. The molecule has 0 heterocycles. The lowest BCUT2D eigenvalue weighted by molar-refractivity contribution is 0.0951. The second-order valence-electron chi connectivity index (χ2n) is 4.50. The summed E-state index contributed by atoms with van der Waals surface area (Å²) in [7, 11) is 1.62. The van der Waals surface area contributed by atoms with Crippen LogP contribution in [0.2, 0.25) is 0 Å². The molecule has 4 heteroatoms. The van der Waals surface area contributed by atoms with Crippen molar-refractivity contribution in [2.45, 2.75) is 6.42 Å². The molecule has 0 bridgehead atoms. The molecule has 0 saturated carbocycles. The highest BCUT2D eigenvalue weighted by Gasteiger charge is 2.03. The molecule has 1 N–H and O–H groups in total. The average molecular weight is 285 g/mol. The van der Waals surface area contributed by atoms with Crippen molar-refractivity contribution < 1.29 is 14.3 Å². The lowest BCUT2D eigenvalue weighted by Gasteiger charge is -2.08. The predicted octanol–water partition coefficient (Wildman–Crippen LogP) is 2.89. The van der Waals surface area contributed by atoms with Gasteiger partial charge in [0.15, 0.2) is 0 Å². The van der Waals surface area contributed by atoms with Crippen molar-refractivity contribution in [3.8, 4) is 11.5 Å². The van der Waals surface area contributed by atoms with Crippen LogP contribution in [0.3, 0.4) is 0 Å². The SMILES string of the molecule is COc1cccc(OCCCNC(=O)c2ccccc2)c1. The topological polar surface area (TPSA) is 47.6 Å². The van der Waals surface area contributed by atoms with Gasteiger partial charge in [-0.3, -0.25) is 4.79 Å². The largest absolute Gasteiger partial charge is 0.497 e. The van der Waals surface area contributed by atoms with Crippen molar-refractivity contribution in [3.63, 3.8) is 0 Å². The number of benzene rings is 2. The summed E-state index contributed by atoms with van der Waals surface area (Å²) in [5, 5.41) is 2.86. The summed E-state index contributed by atoms with van der Waals surface area (Å²) in [4.78, 5) is 11.8. The molecule has 0 atom stereocenters. The minimum atomic E-state index is -0.0584. The van der Waals surface area contributed by atoms with Gasteiger partial charge in [0.2, 0.25) is 0 Å². The van der Waals surface area contributed by atoms with E-state index in [1.54, 1.807) is 19.2 Å². The van der Waals surface area contributed by atoms with E-state index in [1.165, 1.54) is 0 Å². The van der Waals surface area contributed by atoms with Crippen LogP contribution in [0, 0.1) is 0 Å². The highest BCUT2D eigenvalue weighted by Crippen LogP contribution is 2.18. The normalized spacial score (nSPS) is 9.95. The van der Waals surface area contributed by atoms with E-state index in [0.29, 0.717) is 18.7 Å². The molecule has 0 aliphatic heterocycles. The van der Waals surface area contributed by atoms with Gasteiger partial charge in [-0.25, -0.2) is 0 Å². The van der Waals surface area contributed by atoms with Crippen molar-refractivity contribution in [2.24, 2.45) is 0 Å². The molecule has 21 heavy (non-hydrogen) atoms. The van der Waals surface area contributed by atoms with Crippen molar-refractivity contribution in [3.05, 3.63) is 60.2 Å². The maximum absolute atomic E-state index is 11.8. The van der Waals surface area contributed by atoms with Crippen LogP contribution >= 0.6 is 0 Å². The number of carbonyl (C=O) groups excluding carboxylic acids is 1. The van der Waals surface area contributed by atoms with Crippen LogP contribution in [-0.2, 0) is 0 Å². The van der Waals surface area contributed by atoms with Gasteiger partial charge < -0.3 is 14.8 Å². The van der Waals surface area contributed by atoms with Gasteiger partial charge in [-0.15, -0.1) is 0 Å². The Morgan fingerprint density at radius 1 is 1.05 bits per heavy atom. The fourth-order valence-corrected chi connectivity index (χ4v) is 1.85. The van der Waals surface area contributed by atoms with Crippen LogP contribution in [0.25, 0.3) is 0 Å². The monoisotopic (exact) mass is 285 g/mol. The predicted molar refractivity (Wildman–Crippen MR) is 81.9 cm³/mol. The third-order valence-electron chi connectivity index (χ3n) is 2.95. The molecule has 2 rings (SSSR count). The molecule has 0 radical (unpaired) electrons. The third kappa shape index (κ3) is 4.84. The number of nitrogens with one attached hydrogen (secondary N) is 1. The Labute approximate surface area is 124 Å². The maximum atomic E-state index is 11.8. The standard InChI is InChI=1S/C17H19NO3/c1-20-15-9-5-10-16(13-15)21-12-6-11-18-17(19)14-7-3-2-4-8-14/h2-5,7-10,13H,6,11-12H2,1H3,(H,18,19). The fourth-order valence-electron chi connectivity index (χ4n) is 1.85. The minimum Gasteiger partial charge on any atom is -0.497 e. The van der Waals surface area contributed by atoms with E-state index >= 15 is 0 Å². The number of carbonyl (C=O) groups is 1.